The van der Waals surface area contributed by atoms with Crippen molar-refractivity contribution in [2.45, 2.75) is 6.54 Å². The second-order valence-corrected chi connectivity index (χ2v) is 8.39. The Hall–Kier alpha value is -4.09. The number of nitrogens with one attached hydrogen (secondary N) is 2. The van der Waals surface area contributed by atoms with E-state index in [2.05, 4.69) is 25.8 Å². The first-order chi connectivity index (χ1) is 17.3. The summed E-state index contributed by atoms with van der Waals surface area (Å²) in [6, 6.07) is 10.3. The number of anilines is 2. The van der Waals surface area contributed by atoms with Gasteiger partial charge in [-0.05, 0) is 50.5 Å². The molecular formula is C24H22ClF2N7O2. The van der Waals surface area contributed by atoms with Gasteiger partial charge in [-0.15, -0.1) is 10.2 Å². The molecule has 2 aromatic heterocycles. The van der Waals surface area contributed by atoms with Gasteiger partial charge in [-0.2, -0.15) is 0 Å². The first kappa shape index (κ1) is 25.0. The van der Waals surface area contributed by atoms with Crippen molar-refractivity contribution in [3.63, 3.8) is 0 Å². The van der Waals surface area contributed by atoms with Crippen LogP contribution in [0.2, 0.25) is 5.02 Å². The molecule has 36 heavy (non-hydrogen) atoms. The Balaban J connectivity index is 1.42. The minimum atomic E-state index is -0.690. The van der Waals surface area contributed by atoms with E-state index in [-0.39, 0.29) is 22.1 Å². The van der Waals surface area contributed by atoms with E-state index < -0.39 is 17.7 Å². The number of carbonyl (C=O) groups excluding carboxylic acids is 1. The Morgan fingerprint density at radius 2 is 1.81 bits per heavy atom. The zero-order valence-corrected chi connectivity index (χ0v) is 20.1. The summed E-state index contributed by atoms with van der Waals surface area (Å²) in [5.74, 6) is -0.418. The molecule has 4 aromatic rings. The second kappa shape index (κ2) is 11.1. The zero-order valence-electron chi connectivity index (χ0n) is 19.4. The zero-order chi connectivity index (χ0) is 25.7. The van der Waals surface area contributed by atoms with Crippen LogP contribution in [0.1, 0.15) is 0 Å². The lowest BCUT2D eigenvalue weighted by atomic mass is 10.2. The normalized spacial score (nSPS) is 10.9. The van der Waals surface area contributed by atoms with Crippen molar-refractivity contribution in [1.29, 1.82) is 0 Å². The van der Waals surface area contributed by atoms with Crippen LogP contribution < -0.4 is 15.4 Å². The maximum absolute atomic E-state index is 14.7. The van der Waals surface area contributed by atoms with Gasteiger partial charge in [0, 0.05) is 42.8 Å². The van der Waals surface area contributed by atoms with Gasteiger partial charge < -0.3 is 24.8 Å². The predicted molar refractivity (Wildman–Crippen MR) is 132 cm³/mol. The first-order valence-electron chi connectivity index (χ1n) is 10.8. The van der Waals surface area contributed by atoms with E-state index in [1.807, 2.05) is 23.6 Å². The van der Waals surface area contributed by atoms with Gasteiger partial charge in [0.1, 0.15) is 23.6 Å². The summed E-state index contributed by atoms with van der Waals surface area (Å²) in [5, 5.41) is 13.0. The molecule has 0 radical (unpaired) electrons. The summed E-state index contributed by atoms with van der Waals surface area (Å²) in [7, 11) is 3.94. The van der Waals surface area contributed by atoms with Crippen molar-refractivity contribution in [1.82, 2.24) is 24.6 Å². The molecule has 2 aromatic carbocycles. The van der Waals surface area contributed by atoms with E-state index in [1.54, 1.807) is 18.5 Å². The molecule has 0 unspecified atom stereocenters. The Kier molecular flexibility index (Phi) is 7.71. The van der Waals surface area contributed by atoms with Crippen LogP contribution in [-0.2, 0) is 6.54 Å². The molecule has 9 nitrogen and oxygen atoms in total. The highest BCUT2D eigenvalue weighted by atomic mass is 35.5. The number of urea groups is 1. The van der Waals surface area contributed by atoms with Crippen molar-refractivity contribution < 1.29 is 18.3 Å². The largest absolute Gasteiger partial charge is 0.454 e. The predicted octanol–water partition coefficient (Wildman–Crippen LogP) is 5.27. The molecule has 12 heteroatoms. The average molecular weight is 514 g/mol. The van der Waals surface area contributed by atoms with Gasteiger partial charge in [0.15, 0.2) is 17.4 Å². The van der Waals surface area contributed by atoms with Crippen LogP contribution in [-0.4, -0.2) is 51.3 Å². The van der Waals surface area contributed by atoms with Gasteiger partial charge >= 0.3 is 6.03 Å². The maximum Gasteiger partial charge on any atom is 0.323 e. The summed E-state index contributed by atoms with van der Waals surface area (Å²) in [4.78, 5) is 18.6. The number of pyridine rings is 1. The number of aromatic nitrogens is 4. The van der Waals surface area contributed by atoms with Crippen LogP contribution in [0.4, 0.5) is 25.0 Å². The van der Waals surface area contributed by atoms with Gasteiger partial charge in [0.2, 0.25) is 0 Å². The van der Waals surface area contributed by atoms with Crippen molar-refractivity contribution in [3.8, 4) is 23.0 Å². The van der Waals surface area contributed by atoms with Crippen molar-refractivity contribution in [2.75, 3.05) is 31.3 Å². The highest BCUT2D eigenvalue weighted by molar-refractivity contribution is 6.31. The number of hydrogen-bond donors (Lipinski definition) is 2. The lowest BCUT2D eigenvalue weighted by molar-refractivity contribution is 0.262. The summed E-state index contributed by atoms with van der Waals surface area (Å²) in [6.45, 7) is 1.47. The molecule has 2 amide bonds. The number of carbonyl (C=O) groups is 1. The molecule has 0 saturated carbocycles. The van der Waals surface area contributed by atoms with E-state index in [9.17, 15) is 13.6 Å². The minimum absolute atomic E-state index is 0.0440. The fourth-order valence-electron chi connectivity index (χ4n) is 3.18. The van der Waals surface area contributed by atoms with E-state index in [0.717, 1.165) is 18.7 Å². The maximum atomic E-state index is 14.7. The number of ether oxygens (including phenoxy) is 1. The number of nitrogens with zero attached hydrogens (tertiary/aromatic N) is 5. The topological polar surface area (TPSA) is 97.2 Å². The summed E-state index contributed by atoms with van der Waals surface area (Å²) < 4.78 is 35.6. The first-order valence-corrected chi connectivity index (χ1v) is 11.2. The van der Waals surface area contributed by atoms with E-state index in [4.69, 9.17) is 16.3 Å². The lowest BCUT2D eigenvalue weighted by Gasteiger charge is -2.12. The van der Waals surface area contributed by atoms with Gasteiger partial charge in [0.25, 0.3) is 0 Å². The number of amides is 2. The van der Waals surface area contributed by atoms with E-state index in [1.165, 1.54) is 30.5 Å². The Morgan fingerprint density at radius 1 is 1.06 bits per heavy atom. The number of hydrogen-bond acceptors (Lipinski definition) is 6. The quantitative estimate of drug-likeness (QED) is 0.333. The average Bonchev–Trinajstić information content (AvgIpc) is 3.31. The van der Waals surface area contributed by atoms with Crippen molar-refractivity contribution in [3.05, 3.63) is 77.7 Å². The highest BCUT2D eigenvalue weighted by Crippen LogP contribution is 2.29. The van der Waals surface area contributed by atoms with Crippen LogP contribution in [0.25, 0.3) is 11.5 Å². The van der Waals surface area contributed by atoms with Crippen molar-refractivity contribution >= 4 is 29.0 Å². The number of halogens is 3. The summed E-state index contributed by atoms with van der Waals surface area (Å²) in [5.41, 5.74) is 1.00. The highest BCUT2D eigenvalue weighted by Gasteiger charge is 2.13. The Morgan fingerprint density at radius 3 is 2.53 bits per heavy atom. The Labute approximate surface area is 210 Å². The van der Waals surface area contributed by atoms with Crippen LogP contribution in [0.15, 0.2) is 61.1 Å². The molecule has 186 valence electrons. The van der Waals surface area contributed by atoms with Crippen LogP contribution >= 0.6 is 11.6 Å². The minimum Gasteiger partial charge on any atom is -0.454 e. The Bertz CT molecular complexity index is 1380. The molecule has 0 aliphatic heterocycles. The standard InChI is InChI=1S/C24H22ClF2N7O2/c1-33(2)9-10-34-14-29-32-23(34)21-13-17(7-8-28-21)36-22-6-4-16(12-20(22)27)31-24(35)30-15-3-5-19(26)18(25)11-15/h3-8,11-14H,9-10H2,1-2H3,(H2,30,31,35). The van der Waals surface area contributed by atoms with Gasteiger partial charge in [-0.25, -0.2) is 13.6 Å². The fraction of sp³-hybridized carbons (Fsp3) is 0.167. The van der Waals surface area contributed by atoms with E-state index >= 15 is 0 Å². The third-order valence-electron chi connectivity index (χ3n) is 4.96. The van der Waals surface area contributed by atoms with Crippen LogP contribution in [0.3, 0.4) is 0 Å². The number of rotatable bonds is 8. The molecule has 0 aliphatic carbocycles. The molecule has 0 saturated heterocycles. The van der Waals surface area contributed by atoms with Crippen molar-refractivity contribution in [2.24, 2.45) is 0 Å². The van der Waals surface area contributed by atoms with Gasteiger partial charge in [0.05, 0.1) is 5.02 Å². The molecule has 0 atom stereocenters. The fourth-order valence-corrected chi connectivity index (χ4v) is 3.36. The van der Waals surface area contributed by atoms with Gasteiger partial charge in [-0.3, -0.25) is 4.98 Å². The SMILES string of the molecule is CN(C)CCn1cnnc1-c1cc(Oc2ccc(NC(=O)Nc3ccc(F)c(Cl)c3)cc2F)ccn1. The summed E-state index contributed by atoms with van der Waals surface area (Å²) in [6.07, 6.45) is 3.16. The molecular weight excluding hydrogens is 492 g/mol. The summed E-state index contributed by atoms with van der Waals surface area (Å²) >= 11 is 5.71. The molecule has 0 spiro atoms. The second-order valence-electron chi connectivity index (χ2n) is 7.98. The monoisotopic (exact) mass is 513 g/mol. The van der Waals surface area contributed by atoms with Crippen LogP contribution in [0, 0.1) is 11.6 Å². The number of likely N-dealkylation sites (N-methyl/N-ethyl adjacent to an activating group) is 1. The molecule has 0 aliphatic rings. The smallest absolute Gasteiger partial charge is 0.323 e. The molecule has 4 rings (SSSR count). The number of benzene rings is 2. The van der Waals surface area contributed by atoms with Crippen LogP contribution in [0.5, 0.6) is 11.5 Å². The lowest BCUT2D eigenvalue weighted by Crippen LogP contribution is -2.19. The molecule has 0 bridgehead atoms. The third kappa shape index (κ3) is 6.32. The van der Waals surface area contributed by atoms with Gasteiger partial charge in [-0.1, -0.05) is 11.6 Å². The third-order valence-corrected chi connectivity index (χ3v) is 5.25. The molecule has 2 N–H and O–H groups in total. The van der Waals surface area contributed by atoms with E-state index in [0.29, 0.717) is 23.8 Å². The molecule has 2 heterocycles. The molecule has 0 fully saturated rings.